The lowest BCUT2D eigenvalue weighted by molar-refractivity contribution is 0.262. The molecule has 0 unspecified atom stereocenters. The molecule has 1 heterocycles. The second-order valence-corrected chi connectivity index (χ2v) is 9.35. The van der Waals surface area contributed by atoms with Crippen LogP contribution in [-0.2, 0) is 5.75 Å². The molecular formula is C26H19Cl2N5O3S. The molecule has 0 saturated heterocycles. The van der Waals surface area contributed by atoms with Gasteiger partial charge < -0.3 is 20.4 Å². The highest BCUT2D eigenvalue weighted by molar-refractivity contribution is 7.98. The summed E-state index contributed by atoms with van der Waals surface area (Å²) in [6.45, 7) is 7.41. The van der Waals surface area contributed by atoms with Gasteiger partial charge in [0.2, 0.25) is 0 Å². The van der Waals surface area contributed by atoms with E-state index in [0.29, 0.717) is 49.3 Å². The number of amides is 2. The van der Waals surface area contributed by atoms with Crippen LogP contribution in [0.25, 0.3) is 16.1 Å². The number of carbonyl (C=O) groups excluding carboxylic acids is 1. The first-order valence-electron chi connectivity index (χ1n) is 10.8. The monoisotopic (exact) mass is 551 g/mol. The maximum absolute atomic E-state index is 12.5. The standard InChI is InChI=1S/C26H19Cl2N5O3S/c1-29-23-21(16-5-3-6-18(13-16)36-2)32-26(33-24(23)34)37-14-15-9-11-17(12-10-15)30-25(35)31-22-19(27)7-4-8-20(22)28/h3-13H,14H2,2H3,(H2,30,31,35)(H,32,33,34). The summed E-state index contributed by atoms with van der Waals surface area (Å²) >= 11 is 13.5. The quantitative estimate of drug-likeness (QED) is 0.128. The summed E-state index contributed by atoms with van der Waals surface area (Å²) < 4.78 is 5.25. The highest BCUT2D eigenvalue weighted by Gasteiger charge is 2.15. The number of nitrogens with one attached hydrogen (secondary N) is 3. The number of benzene rings is 3. The molecule has 0 aliphatic heterocycles. The lowest BCUT2D eigenvalue weighted by Crippen LogP contribution is -2.19. The summed E-state index contributed by atoms with van der Waals surface area (Å²) in [6, 6.07) is 18.7. The van der Waals surface area contributed by atoms with E-state index < -0.39 is 11.6 Å². The van der Waals surface area contributed by atoms with Crippen LogP contribution in [0.4, 0.5) is 21.9 Å². The number of aromatic amines is 1. The van der Waals surface area contributed by atoms with Crippen LogP contribution in [-0.4, -0.2) is 23.1 Å². The van der Waals surface area contributed by atoms with Gasteiger partial charge in [-0.2, -0.15) is 0 Å². The zero-order valence-electron chi connectivity index (χ0n) is 19.3. The number of hydrogen-bond acceptors (Lipinski definition) is 5. The van der Waals surface area contributed by atoms with Crippen molar-refractivity contribution in [2.75, 3.05) is 17.7 Å². The zero-order chi connectivity index (χ0) is 26.4. The topological polar surface area (TPSA) is 100 Å². The van der Waals surface area contributed by atoms with E-state index in [1.807, 2.05) is 12.1 Å². The van der Waals surface area contributed by atoms with Gasteiger partial charge in [0.15, 0.2) is 5.16 Å². The van der Waals surface area contributed by atoms with Crippen molar-refractivity contribution in [1.82, 2.24) is 9.97 Å². The van der Waals surface area contributed by atoms with Crippen molar-refractivity contribution < 1.29 is 9.53 Å². The van der Waals surface area contributed by atoms with Gasteiger partial charge in [-0.1, -0.05) is 65.3 Å². The van der Waals surface area contributed by atoms with Gasteiger partial charge in [-0.3, -0.25) is 4.79 Å². The average Bonchev–Trinajstić information content (AvgIpc) is 2.90. The van der Waals surface area contributed by atoms with Gasteiger partial charge in [0.1, 0.15) is 5.75 Å². The summed E-state index contributed by atoms with van der Waals surface area (Å²) in [5.41, 5.74) is 2.16. The van der Waals surface area contributed by atoms with Crippen LogP contribution in [0.5, 0.6) is 5.75 Å². The van der Waals surface area contributed by atoms with E-state index in [9.17, 15) is 9.59 Å². The normalized spacial score (nSPS) is 10.4. The van der Waals surface area contributed by atoms with Gasteiger partial charge in [-0.25, -0.2) is 14.6 Å². The first-order chi connectivity index (χ1) is 17.9. The third-order valence-corrected chi connectivity index (χ3v) is 6.69. The molecular weight excluding hydrogens is 533 g/mol. The van der Waals surface area contributed by atoms with E-state index in [4.69, 9.17) is 34.5 Å². The molecule has 0 saturated carbocycles. The molecule has 4 rings (SSSR count). The minimum atomic E-state index is -0.505. The molecule has 0 aliphatic carbocycles. The Morgan fingerprint density at radius 1 is 1.08 bits per heavy atom. The molecule has 3 aromatic carbocycles. The van der Waals surface area contributed by atoms with Crippen LogP contribution in [0.3, 0.4) is 0 Å². The number of thioether (sulfide) groups is 1. The summed E-state index contributed by atoms with van der Waals surface area (Å²) in [5.74, 6) is 1.10. The number of hydrogen-bond donors (Lipinski definition) is 3. The van der Waals surface area contributed by atoms with Crippen molar-refractivity contribution in [2.45, 2.75) is 10.9 Å². The summed E-state index contributed by atoms with van der Waals surface area (Å²) in [6.07, 6.45) is 0. The van der Waals surface area contributed by atoms with Gasteiger partial charge in [-0.05, 0) is 47.5 Å². The number of nitrogens with zero attached hydrogens (tertiary/aromatic N) is 2. The molecule has 1 aromatic heterocycles. The van der Waals surface area contributed by atoms with Crippen LogP contribution in [0.15, 0.2) is 76.7 Å². The van der Waals surface area contributed by atoms with Crippen LogP contribution >= 0.6 is 35.0 Å². The Bertz CT molecular complexity index is 1530. The van der Waals surface area contributed by atoms with Crippen molar-refractivity contribution in [2.24, 2.45) is 0 Å². The summed E-state index contributed by atoms with van der Waals surface area (Å²) in [4.78, 5) is 35.4. The minimum Gasteiger partial charge on any atom is -0.497 e. The Morgan fingerprint density at radius 2 is 1.78 bits per heavy atom. The minimum absolute atomic E-state index is 0.0793. The first kappa shape index (κ1) is 26.1. The van der Waals surface area contributed by atoms with E-state index in [0.717, 1.165) is 5.56 Å². The van der Waals surface area contributed by atoms with Crippen LogP contribution < -0.4 is 20.9 Å². The summed E-state index contributed by atoms with van der Waals surface area (Å²) in [7, 11) is 1.54. The largest absolute Gasteiger partial charge is 0.497 e. The molecule has 0 radical (unpaired) electrons. The van der Waals surface area contributed by atoms with Crippen molar-refractivity contribution in [3.63, 3.8) is 0 Å². The Morgan fingerprint density at radius 3 is 2.46 bits per heavy atom. The number of ether oxygens (including phenoxy) is 1. The molecule has 0 bridgehead atoms. The fourth-order valence-electron chi connectivity index (χ4n) is 3.32. The number of carbonyl (C=O) groups is 1. The number of methoxy groups -OCH3 is 1. The van der Waals surface area contributed by atoms with E-state index in [2.05, 4.69) is 25.4 Å². The smallest absolute Gasteiger partial charge is 0.323 e. The fraction of sp³-hybridized carbons (Fsp3) is 0.0769. The predicted molar refractivity (Wildman–Crippen MR) is 148 cm³/mol. The van der Waals surface area contributed by atoms with E-state index in [-0.39, 0.29) is 5.69 Å². The third-order valence-electron chi connectivity index (χ3n) is 5.12. The van der Waals surface area contributed by atoms with Crippen molar-refractivity contribution in [3.05, 3.63) is 104 Å². The van der Waals surface area contributed by atoms with Gasteiger partial charge in [0.05, 0.1) is 35.1 Å². The number of halogens is 2. The lowest BCUT2D eigenvalue weighted by Gasteiger charge is -2.11. The van der Waals surface area contributed by atoms with E-state index >= 15 is 0 Å². The fourth-order valence-corrected chi connectivity index (χ4v) is 4.63. The lowest BCUT2D eigenvalue weighted by atomic mass is 10.1. The highest BCUT2D eigenvalue weighted by Crippen LogP contribution is 2.31. The average molecular weight is 552 g/mol. The second kappa shape index (κ2) is 11.8. The van der Waals surface area contributed by atoms with Crippen LogP contribution in [0.1, 0.15) is 5.56 Å². The Kier molecular flexibility index (Phi) is 8.36. The van der Waals surface area contributed by atoms with Gasteiger partial charge in [-0.15, -0.1) is 0 Å². The zero-order valence-corrected chi connectivity index (χ0v) is 21.7. The number of para-hydroxylation sites is 1. The molecule has 2 amide bonds. The van der Waals surface area contributed by atoms with Crippen LogP contribution in [0, 0.1) is 6.57 Å². The third kappa shape index (κ3) is 6.43. The Hall–Kier alpha value is -3.97. The highest BCUT2D eigenvalue weighted by atomic mass is 35.5. The molecule has 3 N–H and O–H groups in total. The molecule has 186 valence electrons. The first-order valence-corrected chi connectivity index (χ1v) is 12.5. The molecule has 11 heteroatoms. The van der Waals surface area contributed by atoms with Crippen molar-refractivity contribution in [3.8, 4) is 17.0 Å². The number of H-pyrrole nitrogens is 1. The SMILES string of the molecule is [C-]#[N+]c1c(-c2cccc(OC)c2)nc(SCc2ccc(NC(=O)Nc3c(Cl)cccc3Cl)cc2)[nH]c1=O. The maximum Gasteiger partial charge on any atom is 0.323 e. The Labute approximate surface area is 226 Å². The number of aromatic nitrogens is 2. The van der Waals surface area contributed by atoms with E-state index in [1.165, 1.54) is 11.8 Å². The predicted octanol–water partition coefficient (Wildman–Crippen LogP) is 7.24. The summed E-state index contributed by atoms with van der Waals surface area (Å²) in [5, 5.41) is 6.42. The van der Waals surface area contributed by atoms with E-state index in [1.54, 1.807) is 61.7 Å². The molecule has 8 nitrogen and oxygen atoms in total. The van der Waals surface area contributed by atoms with Crippen LogP contribution in [0.2, 0.25) is 10.0 Å². The van der Waals surface area contributed by atoms with Crippen molar-refractivity contribution in [1.29, 1.82) is 0 Å². The molecule has 0 fully saturated rings. The number of rotatable bonds is 7. The maximum atomic E-state index is 12.5. The van der Waals surface area contributed by atoms with Gasteiger partial charge >= 0.3 is 6.03 Å². The van der Waals surface area contributed by atoms with Crippen molar-refractivity contribution >= 4 is 58.1 Å². The number of anilines is 2. The molecule has 0 atom stereocenters. The molecule has 0 aliphatic rings. The Balaban J connectivity index is 1.44. The van der Waals surface area contributed by atoms with Gasteiger partial charge in [0, 0.05) is 11.4 Å². The number of urea groups is 1. The molecule has 0 spiro atoms. The van der Waals surface area contributed by atoms with Gasteiger partial charge in [0.25, 0.3) is 11.2 Å². The molecule has 37 heavy (non-hydrogen) atoms. The molecule has 4 aromatic rings. The second-order valence-electron chi connectivity index (χ2n) is 7.57.